The van der Waals surface area contributed by atoms with Crippen LogP contribution in [0.3, 0.4) is 0 Å². The minimum atomic E-state index is -1.08. The number of ketones is 1. The molecule has 3 rings (SSSR count). The molecule has 1 heterocycles. The lowest BCUT2D eigenvalue weighted by atomic mass is 10.1. The number of imidazole rings is 1. The summed E-state index contributed by atoms with van der Waals surface area (Å²) in [5.74, 6) is -0.653. The summed E-state index contributed by atoms with van der Waals surface area (Å²) in [4.78, 5) is 16.8. The van der Waals surface area contributed by atoms with Crippen LogP contribution in [0.5, 0.6) is 5.75 Å². The Morgan fingerprint density at radius 3 is 2.71 bits per heavy atom. The van der Waals surface area contributed by atoms with E-state index in [0.29, 0.717) is 5.02 Å². The Balaban J connectivity index is 1.97. The molecule has 0 amide bonds. The number of rotatable bonds is 5. The summed E-state index contributed by atoms with van der Waals surface area (Å²) in [6, 6.07) is 10.1. The van der Waals surface area contributed by atoms with Gasteiger partial charge in [0, 0.05) is 29.0 Å². The molecule has 1 unspecified atom stereocenters. The molecule has 0 saturated heterocycles. The Morgan fingerprint density at radius 2 is 2.04 bits per heavy atom. The molecule has 0 bridgehead atoms. The average molecular weight is 365 g/mol. The molecule has 3 aromatic rings. The zero-order chi connectivity index (χ0) is 17.1. The second-order valence-corrected chi connectivity index (χ2v) is 5.77. The van der Waals surface area contributed by atoms with Gasteiger partial charge in [0.05, 0.1) is 11.3 Å². The van der Waals surface area contributed by atoms with E-state index in [1.54, 1.807) is 18.3 Å². The highest BCUT2D eigenvalue weighted by atomic mass is 35.5. The van der Waals surface area contributed by atoms with E-state index in [1.807, 2.05) is 0 Å². The number of hydrogen-bond acceptors (Lipinski definition) is 3. The maximum absolute atomic E-state index is 13.4. The van der Waals surface area contributed by atoms with E-state index in [-0.39, 0.29) is 16.3 Å². The van der Waals surface area contributed by atoms with Crippen molar-refractivity contribution in [3.05, 3.63) is 82.6 Å². The van der Waals surface area contributed by atoms with Crippen LogP contribution in [0.1, 0.15) is 16.6 Å². The topological polar surface area (TPSA) is 44.1 Å². The van der Waals surface area contributed by atoms with Crippen molar-refractivity contribution in [2.45, 2.75) is 6.23 Å². The summed E-state index contributed by atoms with van der Waals surface area (Å²) < 4.78 is 20.5. The van der Waals surface area contributed by atoms with Gasteiger partial charge in [-0.1, -0.05) is 29.3 Å². The van der Waals surface area contributed by atoms with Crippen molar-refractivity contribution in [1.29, 1.82) is 0 Å². The minimum absolute atomic E-state index is 0.209. The average Bonchev–Trinajstić information content (AvgIpc) is 3.06. The fourth-order valence-electron chi connectivity index (χ4n) is 2.15. The second kappa shape index (κ2) is 7.03. The molecule has 4 nitrogen and oxygen atoms in total. The number of ether oxygens (including phenoxy) is 1. The van der Waals surface area contributed by atoms with Gasteiger partial charge in [0.2, 0.25) is 12.0 Å². The van der Waals surface area contributed by atoms with Crippen molar-refractivity contribution in [2.24, 2.45) is 0 Å². The van der Waals surface area contributed by atoms with Gasteiger partial charge in [0.1, 0.15) is 11.6 Å². The number of benzene rings is 2. The molecule has 7 heteroatoms. The van der Waals surface area contributed by atoms with Gasteiger partial charge >= 0.3 is 0 Å². The first-order valence-corrected chi connectivity index (χ1v) is 7.69. The lowest BCUT2D eigenvalue weighted by Crippen LogP contribution is -2.24. The zero-order valence-electron chi connectivity index (χ0n) is 12.2. The van der Waals surface area contributed by atoms with Crippen molar-refractivity contribution < 1.29 is 13.9 Å². The summed E-state index contributed by atoms with van der Waals surface area (Å²) in [6.07, 6.45) is 3.45. The number of nitrogens with zero attached hydrogens (tertiary/aromatic N) is 2. The number of Topliss-reactive ketones (excluding diaryl/α,β-unsaturated/α-hetero) is 1. The van der Waals surface area contributed by atoms with Crippen LogP contribution < -0.4 is 4.74 Å². The smallest absolute Gasteiger partial charge is 0.241 e. The van der Waals surface area contributed by atoms with Crippen LogP contribution in [0.2, 0.25) is 10.0 Å². The molecule has 1 atom stereocenters. The molecule has 122 valence electrons. The summed E-state index contributed by atoms with van der Waals surface area (Å²) in [7, 11) is 0. The van der Waals surface area contributed by atoms with E-state index in [0.717, 1.165) is 0 Å². The van der Waals surface area contributed by atoms with Crippen LogP contribution in [0.15, 0.2) is 61.2 Å². The fraction of sp³-hybridized carbons (Fsp3) is 0.0588. The quantitative estimate of drug-likeness (QED) is 0.611. The highest BCUT2D eigenvalue weighted by Gasteiger charge is 2.25. The number of hydrogen-bond donors (Lipinski definition) is 0. The van der Waals surface area contributed by atoms with Crippen LogP contribution in [-0.4, -0.2) is 15.3 Å². The lowest BCUT2D eigenvalue weighted by Gasteiger charge is -2.19. The monoisotopic (exact) mass is 364 g/mol. The van der Waals surface area contributed by atoms with E-state index in [2.05, 4.69) is 4.98 Å². The molecule has 0 saturated carbocycles. The maximum Gasteiger partial charge on any atom is 0.241 e. The Hall–Kier alpha value is -2.37. The first-order chi connectivity index (χ1) is 11.5. The molecule has 0 fully saturated rings. The third-order valence-electron chi connectivity index (χ3n) is 3.26. The molecule has 0 N–H and O–H groups in total. The fourth-order valence-corrected chi connectivity index (χ4v) is 2.65. The first-order valence-electron chi connectivity index (χ1n) is 6.93. The number of carbonyl (C=O) groups is 1. The Labute approximate surface area is 147 Å². The summed E-state index contributed by atoms with van der Waals surface area (Å²) >= 11 is 12.0. The van der Waals surface area contributed by atoms with Gasteiger partial charge in [-0.05, 0) is 30.3 Å². The lowest BCUT2D eigenvalue weighted by molar-refractivity contribution is 0.0652. The summed E-state index contributed by atoms with van der Waals surface area (Å²) in [5.41, 5.74) is 0.246. The Morgan fingerprint density at radius 1 is 1.21 bits per heavy atom. The van der Waals surface area contributed by atoms with Crippen LogP contribution in [-0.2, 0) is 0 Å². The summed E-state index contributed by atoms with van der Waals surface area (Å²) in [5, 5.41) is 0.627. The molecule has 0 radical (unpaired) electrons. The number of aromatic nitrogens is 2. The van der Waals surface area contributed by atoms with Crippen LogP contribution >= 0.6 is 23.2 Å². The van der Waals surface area contributed by atoms with Gasteiger partial charge in [-0.2, -0.15) is 0 Å². The molecule has 2 aromatic carbocycles. The van der Waals surface area contributed by atoms with E-state index in [1.165, 1.54) is 47.4 Å². The predicted molar refractivity (Wildman–Crippen MR) is 89.1 cm³/mol. The van der Waals surface area contributed by atoms with Crippen molar-refractivity contribution in [2.75, 3.05) is 0 Å². The third kappa shape index (κ3) is 3.58. The zero-order valence-corrected chi connectivity index (χ0v) is 13.7. The van der Waals surface area contributed by atoms with Crippen molar-refractivity contribution in [3.63, 3.8) is 0 Å². The standard InChI is InChI=1S/C17H11Cl2FN2O2/c18-11-4-5-14(15(19)8-11)16(23)17(22-7-6-21-10-22)24-13-3-1-2-12(20)9-13/h1-10,17H. The first kappa shape index (κ1) is 16.5. The molecule has 0 aliphatic rings. The molecule has 24 heavy (non-hydrogen) atoms. The molecule has 0 aliphatic heterocycles. The number of carbonyl (C=O) groups excluding carboxylic acids is 1. The van der Waals surface area contributed by atoms with E-state index >= 15 is 0 Å². The van der Waals surface area contributed by atoms with Gasteiger partial charge in [0.25, 0.3) is 0 Å². The predicted octanol–water partition coefficient (Wildman–Crippen LogP) is 4.79. The van der Waals surface area contributed by atoms with E-state index in [4.69, 9.17) is 27.9 Å². The van der Waals surface area contributed by atoms with Gasteiger partial charge in [-0.15, -0.1) is 0 Å². The third-order valence-corrected chi connectivity index (χ3v) is 3.81. The normalized spacial score (nSPS) is 12.0. The molecule has 0 aliphatic carbocycles. The van der Waals surface area contributed by atoms with Crippen molar-refractivity contribution in [3.8, 4) is 5.75 Å². The maximum atomic E-state index is 13.4. The largest absolute Gasteiger partial charge is 0.462 e. The number of halogens is 3. The van der Waals surface area contributed by atoms with Crippen LogP contribution in [0.25, 0.3) is 0 Å². The minimum Gasteiger partial charge on any atom is -0.462 e. The molecular formula is C17H11Cl2FN2O2. The van der Waals surface area contributed by atoms with Crippen molar-refractivity contribution >= 4 is 29.0 Å². The van der Waals surface area contributed by atoms with Gasteiger partial charge in [-0.3, -0.25) is 9.36 Å². The highest BCUT2D eigenvalue weighted by Crippen LogP contribution is 2.27. The highest BCUT2D eigenvalue weighted by molar-refractivity contribution is 6.36. The molecular weight excluding hydrogens is 354 g/mol. The van der Waals surface area contributed by atoms with Crippen LogP contribution in [0.4, 0.5) is 4.39 Å². The van der Waals surface area contributed by atoms with Gasteiger partial charge < -0.3 is 4.74 Å². The van der Waals surface area contributed by atoms with Crippen molar-refractivity contribution in [1.82, 2.24) is 9.55 Å². The van der Waals surface area contributed by atoms with Gasteiger partial charge in [0.15, 0.2) is 0 Å². The van der Waals surface area contributed by atoms with E-state index < -0.39 is 17.8 Å². The molecule has 1 aromatic heterocycles. The molecule has 0 spiro atoms. The summed E-state index contributed by atoms with van der Waals surface area (Å²) in [6.45, 7) is 0. The van der Waals surface area contributed by atoms with Gasteiger partial charge in [-0.25, -0.2) is 9.37 Å². The second-order valence-electron chi connectivity index (χ2n) is 4.93. The Kier molecular flexibility index (Phi) is 4.83. The van der Waals surface area contributed by atoms with E-state index in [9.17, 15) is 9.18 Å². The SMILES string of the molecule is O=C(c1ccc(Cl)cc1Cl)C(Oc1cccc(F)c1)n1ccnc1. The van der Waals surface area contributed by atoms with Crippen LogP contribution in [0, 0.1) is 5.82 Å². The Bertz CT molecular complexity index is 869.